The Hall–Kier alpha value is -3.01. The van der Waals surface area contributed by atoms with Crippen molar-refractivity contribution in [3.8, 4) is 0 Å². The second kappa shape index (κ2) is 11.0. The summed E-state index contributed by atoms with van der Waals surface area (Å²) in [6, 6.07) is 7.13. The molecule has 0 saturated heterocycles. The van der Waals surface area contributed by atoms with Gasteiger partial charge in [-0.05, 0) is 44.2 Å². The lowest BCUT2D eigenvalue weighted by atomic mass is 10.2. The predicted octanol–water partition coefficient (Wildman–Crippen LogP) is 3.96. The lowest BCUT2D eigenvalue weighted by molar-refractivity contribution is -0.137. The first-order valence-corrected chi connectivity index (χ1v) is 10.1. The van der Waals surface area contributed by atoms with Crippen molar-refractivity contribution in [1.29, 1.82) is 0 Å². The smallest absolute Gasteiger partial charge is 0.383 e. The van der Waals surface area contributed by atoms with E-state index >= 15 is 0 Å². The molecule has 0 atom stereocenters. The zero-order valence-corrected chi connectivity index (χ0v) is 18.6. The zero-order valence-electron chi connectivity index (χ0n) is 18.6. The van der Waals surface area contributed by atoms with Gasteiger partial charge in [0.2, 0.25) is 5.91 Å². The molecule has 1 aromatic heterocycles. The number of halogens is 3. The van der Waals surface area contributed by atoms with Crippen LogP contribution in [0.3, 0.4) is 0 Å². The van der Waals surface area contributed by atoms with Gasteiger partial charge in [-0.1, -0.05) is 6.07 Å². The number of benzene rings is 1. The van der Waals surface area contributed by atoms with Gasteiger partial charge in [-0.3, -0.25) is 4.79 Å². The Balaban J connectivity index is 2.13. The molecule has 2 aromatic rings. The minimum atomic E-state index is -4.52. The molecule has 0 spiro atoms. The Bertz CT molecular complexity index is 912. The van der Waals surface area contributed by atoms with Crippen LogP contribution in [-0.4, -0.2) is 59.2 Å². The molecule has 0 saturated carbocycles. The van der Waals surface area contributed by atoms with Crippen LogP contribution < -0.4 is 5.32 Å². The van der Waals surface area contributed by atoms with Gasteiger partial charge in [0.1, 0.15) is 6.54 Å². The minimum Gasteiger partial charge on any atom is -0.383 e. The van der Waals surface area contributed by atoms with Gasteiger partial charge < -0.3 is 24.4 Å². The SMILES string of the molecule is COCCN(Cc1cccn1C)C(=O)CN(C(=O)Nc1cccc(C(F)(F)F)c1)C(C)C. The highest BCUT2D eigenvalue weighted by Crippen LogP contribution is 2.30. The Kier molecular flexibility index (Phi) is 8.71. The van der Waals surface area contributed by atoms with Crippen molar-refractivity contribution in [3.63, 3.8) is 0 Å². The van der Waals surface area contributed by atoms with Gasteiger partial charge in [-0.2, -0.15) is 13.2 Å². The maximum atomic E-state index is 13.0. The number of methoxy groups -OCH3 is 1. The molecule has 10 heteroatoms. The van der Waals surface area contributed by atoms with Crippen molar-refractivity contribution in [2.24, 2.45) is 7.05 Å². The fourth-order valence-corrected chi connectivity index (χ4v) is 3.05. The van der Waals surface area contributed by atoms with Gasteiger partial charge in [0, 0.05) is 44.3 Å². The minimum absolute atomic E-state index is 0.00275. The highest BCUT2D eigenvalue weighted by molar-refractivity contribution is 5.92. The molecule has 0 aliphatic rings. The highest BCUT2D eigenvalue weighted by Gasteiger charge is 2.31. The van der Waals surface area contributed by atoms with Crippen LogP contribution >= 0.6 is 0 Å². The first-order valence-electron chi connectivity index (χ1n) is 10.1. The average Bonchev–Trinajstić information content (AvgIpc) is 3.12. The van der Waals surface area contributed by atoms with E-state index in [1.165, 1.54) is 24.1 Å². The summed E-state index contributed by atoms with van der Waals surface area (Å²) in [5, 5.41) is 2.47. The summed E-state index contributed by atoms with van der Waals surface area (Å²) in [4.78, 5) is 28.7. The van der Waals surface area contributed by atoms with E-state index in [0.29, 0.717) is 19.7 Å². The van der Waals surface area contributed by atoms with Crippen LogP contribution in [0, 0.1) is 0 Å². The number of alkyl halides is 3. The maximum absolute atomic E-state index is 13.0. The van der Waals surface area contributed by atoms with Crippen molar-refractivity contribution >= 4 is 17.6 Å². The van der Waals surface area contributed by atoms with Crippen LogP contribution in [0.25, 0.3) is 0 Å². The lowest BCUT2D eigenvalue weighted by Gasteiger charge is -2.30. The molecule has 2 rings (SSSR count). The lowest BCUT2D eigenvalue weighted by Crippen LogP contribution is -2.48. The number of hydrogen-bond donors (Lipinski definition) is 1. The zero-order chi connectivity index (χ0) is 23.9. The fourth-order valence-electron chi connectivity index (χ4n) is 3.05. The van der Waals surface area contributed by atoms with E-state index in [0.717, 1.165) is 17.8 Å². The largest absolute Gasteiger partial charge is 0.416 e. The summed E-state index contributed by atoms with van der Waals surface area (Å²) >= 11 is 0. The van der Waals surface area contributed by atoms with Crippen molar-refractivity contribution < 1.29 is 27.5 Å². The number of rotatable bonds is 9. The summed E-state index contributed by atoms with van der Waals surface area (Å²) in [6.45, 7) is 4.24. The first-order chi connectivity index (χ1) is 15.0. The standard InChI is InChI=1S/C22H29F3N4O3/c1-16(2)29(21(31)26-18-8-5-7-17(13-18)22(23,24)25)15-20(30)28(11-12-32-4)14-19-9-6-10-27(19)3/h5-10,13,16H,11-12,14-15H2,1-4H3,(H,26,31). The Labute approximate surface area is 185 Å². The number of hydrogen-bond acceptors (Lipinski definition) is 3. The third kappa shape index (κ3) is 7.01. The third-order valence-corrected chi connectivity index (χ3v) is 4.95. The van der Waals surface area contributed by atoms with Gasteiger partial charge in [-0.15, -0.1) is 0 Å². The Morgan fingerprint density at radius 1 is 1.19 bits per heavy atom. The number of aryl methyl sites for hydroxylation is 1. The number of carbonyl (C=O) groups is 2. The number of carbonyl (C=O) groups excluding carboxylic acids is 2. The predicted molar refractivity (Wildman–Crippen MR) is 115 cm³/mol. The van der Waals surface area contributed by atoms with Crippen molar-refractivity contribution in [1.82, 2.24) is 14.4 Å². The summed E-state index contributed by atoms with van der Waals surface area (Å²) in [5.74, 6) is -0.295. The highest BCUT2D eigenvalue weighted by atomic mass is 19.4. The number of ether oxygens (including phenoxy) is 1. The van der Waals surface area contributed by atoms with E-state index < -0.39 is 17.8 Å². The van der Waals surface area contributed by atoms with E-state index in [1.54, 1.807) is 18.7 Å². The molecule has 1 N–H and O–H groups in total. The molecule has 0 aliphatic carbocycles. The molecular formula is C22H29F3N4O3. The van der Waals surface area contributed by atoms with Crippen LogP contribution in [0.15, 0.2) is 42.6 Å². The van der Waals surface area contributed by atoms with E-state index in [9.17, 15) is 22.8 Å². The number of amides is 3. The number of aromatic nitrogens is 1. The molecule has 1 heterocycles. The molecule has 3 amide bonds. The van der Waals surface area contributed by atoms with Gasteiger partial charge in [0.25, 0.3) is 0 Å². The summed E-state index contributed by atoms with van der Waals surface area (Å²) in [7, 11) is 3.41. The third-order valence-electron chi connectivity index (χ3n) is 4.95. The fraction of sp³-hybridized carbons (Fsp3) is 0.455. The van der Waals surface area contributed by atoms with E-state index in [2.05, 4.69) is 5.32 Å². The normalized spacial score (nSPS) is 11.5. The maximum Gasteiger partial charge on any atom is 0.416 e. The monoisotopic (exact) mass is 454 g/mol. The van der Waals surface area contributed by atoms with Crippen molar-refractivity contribution in [3.05, 3.63) is 53.9 Å². The van der Waals surface area contributed by atoms with E-state index in [1.807, 2.05) is 29.9 Å². The second-order valence-electron chi connectivity index (χ2n) is 7.65. The molecular weight excluding hydrogens is 425 g/mol. The molecule has 0 radical (unpaired) electrons. The summed E-state index contributed by atoms with van der Waals surface area (Å²) in [6.07, 6.45) is -2.65. The van der Waals surface area contributed by atoms with Crippen LogP contribution in [0.2, 0.25) is 0 Å². The number of anilines is 1. The summed E-state index contributed by atoms with van der Waals surface area (Å²) < 4.78 is 45.9. The quantitative estimate of drug-likeness (QED) is 0.624. The molecule has 0 bridgehead atoms. The van der Waals surface area contributed by atoms with Crippen LogP contribution in [0.1, 0.15) is 25.1 Å². The number of urea groups is 1. The van der Waals surface area contributed by atoms with Crippen LogP contribution in [0.4, 0.5) is 23.7 Å². The van der Waals surface area contributed by atoms with Gasteiger partial charge in [0.05, 0.1) is 18.7 Å². The molecule has 7 nitrogen and oxygen atoms in total. The average molecular weight is 454 g/mol. The van der Waals surface area contributed by atoms with Gasteiger partial charge in [0.15, 0.2) is 0 Å². The molecule has 1 aromatic carbocycles. The van der Waals surface area contributed by atoms with Gasteiger partial charge in [-0.25, -0.2) is 4.79 Å². The first kappa shape index (κ1) is 25.3. The van der Waals surface area contributed by atoms with Crippen LogP contribution in [0.5, 0.6) is 0 Å². The van der Waals surface area contributed by atoms with E-state index in [-0.39, 0.29) is 24.2 Å². The molecule has 0 fully saturated rings. The molecule has 0 unspecified atom stereocenters. The molecule has 0 aliphatic heterocycles. The Morgan fingerprint density at radius 3 is 2.47 bits per heavy atom. The number of nitrogens with one attached hydrogen (secondary N) is 1. The molecule has 32 heavy (non-hydrogen) atoms. The van der Waals surface area contributed by atoms with Crippen molar-refractivity contribution in [2.45, 2.75) is 32.6 Å². The van der Waals surface area contributed by atoms with Crippen LogP contribution in [-0.2, 0) is 29.3 Å². The van der Waals surface area contributed by atoms with Gasteiger partial charge >= 0.3 is 12.2 Å². The topological polar surface area (TPSA) is 66.8 Å². The number of nitrogens with zero attached hydrogens (tertiary/aromatic N) is 3. The Morgan fingerprint density at radius 2 is 1.91 bits per heavy atom. The molecule has 176 valence electrons. The van der Waals surface area contributed by atoms with E-state index in [4.69, 9.17) is 4.74 Å². The van der Waals surface area contributed by atoms with Crippen molar-refractivity contribution in [2.75, 3.05) is 32.1 Å². The second-order valence-corrected chi connectivity index (χ2v) is 7.65. The summed E-state index contributed by atoms with van der Waals surface area (Å²) in [5.41, 5.74) is 0.0534.